The van der Waals surface area contributed by atoms with Gasteiger partial charge in [-0.25, -0.2) is 0 Å². The van der Waals surface area contributed by atoms with Crippen LogP contribution in [0.15, 0.2) is 0 Å². The standard InChI is InChI=1S/C9H15NO4.ClH/c1-13-8(11)4-6-3-7(10-5-6)9(12)14-2;/h6-7,10H,3-5H2,1-2H3;1H. The van der Waals surface area contributed by atoms with E-state index in [9.17, 15) is 9.59 Å². The molecule has 0 amide bonds. The Morgan fingerprint density at radius 3 is 2.53 bits per heavy atom. The lowest BCUT2D eigenvalue weighted by molar-refractivity contribution is -0.144. The van der Waals surface area contributed by atoms with Gasteiger partial charge in [0, 0.05) is 6.42 Å². The Labute approximate surface area is 94.9 Å². The third-order valence-corrected chi connectivity index (χ3v) is 2.39. The normalized spacial score (nSPS) is 24.1. The summed E-state index contributed by atoms with van der Waals surface area (Å²) in [5.41, 5.74) is 0. The van der Waals surface area contributed by atoms with Crippen molar-refractivity contribution in [1.82, 2.24) is 5.32 Å². The van der Waals surface area contributed by atoms with Crippen LogP contribution in [0.25, 0.3) is 0 Å². The second-order valence-electron chi connectivity index (χ2n) is 3.37. The molecule has 88 valence electrons. The molecule has 5 nitrogen and oxygen atoms in total. The molecule has 0 aromatic carbocycles. The van der Waals surface area contributed by atoms with Crippen LogP contribution in [0.3, 0.4) is 0 Å². The van der Waals surface area contributed by atoms with E-state index in [0.29, 0.717) is 19.4 Å². The molecule has 1 aliphatic heterocycles. The van der Waals surface area contributed by atoms with E-state index < -0.39 is 0 Å². The van der Waals surface area contributed by atoms with Crippen molar-refractivity contribution >= 4 is 24.3 Å². The Kier molecular flexibility index (Phi) is 6.27. The van der Waals surface area contributed by atoms with Gasteiger partial charge in [-0.2, -0.15) is 0 Å². The first-order chi connectivity index (χ1) is 6.67. The second kappa shape index (κ2) is 6.63. The van der Waals surface area contributed by atoms with Gasteiger partial charge in [-0.15, -0.1) is 12.4 Å². The zero-order valence-corrected chi connectivity index (χ0v) is 9.63. The van der Waals surface area contributed by atoms with Gasteiger partial charge >= 0.3 is 11.9 Å². The predicted octanol–water partition coefficient (Wildman–Crippen LogP) is 0.122. The highest BCUT2D eigenvalue weighted by atomic mass is 35.5. The van der Waals surface area contributed by atoms with Crippen molar-refractivity contribution in [2.24, 2.45) is 5.92 Å². The number of carbonyl (C=O) groups excluding carboxylic acids is 2. The summed E-state index contributed by atoms with van der Waals surface area (Å²) in [7, 11) is 2.72. The lowest BCUT2D eigenvalue weighted by Crippen LogP contribution is -2.31. The largest absolute Gasteiger partial charge is 0.469 e. The SMILES string of the molecule is COC(=O)CC1CNC(C(=O)OC)C1.Cl. The molecule has 0 saturated carbocycles. The highest BCUT2D eigenvalue weighted by molar-refractivity contribution is 5.85. The maximum atomic E-state index is 11.1. The number of hydrogen-bond acceptors (Lipinski definition) is 5. The smallest absolute Gasteiger partial charge is 0.322 e. The summed E-state index contributed by atoms with van der Waals surface area (Å²) in [6.45, 7) is 0.662. The summed E-state index contributed by atoms with van der Waals surface area (Å²) in [5, 5.41) is 3.00. The fourth-order valence-electron chi connectivity index (χ4n) is 1.61. The Morgan fingerprint density at radius 2 is 2.00 bits per heavy atom. The van der Waals surface area contributed by atoms with Crippen molar-refractivity contribution in [3.05, 3.63) is 0 Å². The van der Waals surface area contributed by atoms with E-state index in [1.807, 2.05) is 0 Å². The molecule has 0 aliphatic carbocycles. The van der Waals surface area contributed by atoms with Crippen molar-refractivity contribution < 1.29 is 19.1 Å². The first-order valence-corrected chi connectivity index (χ1v) is 4.55. The van der Waals surface area contributed by atoms with E-state index in [0.717, 1.165) is 0 Å². The molecule has 0 radical (unpaired) electrons. The topological polar surface area (TPSA) is 64.6 Å². The molecule has 1 N–H and O–H groups in total. The molecule has 0 bridgehead atoms. The van der Waals surface area contributed by atoms with Gasteiger partial charge in [0.05, 0.1) is 14.2 Å². The van der Waals surface area contributed by atoms with Gasteiger partial charge < -0.3 is 14.8 Å². The van der Waals surface area contributed by atoms with Crippen molar-refractivity contribution in [1.29, 1.82) is 0 Å². The van der Waals surface area contributed by atoms with E-state index in [1.165, 1.54) is 14.2 Å². The van der Waals surface area contributed by atoms with Crippen LogP contribution in [-0.4, -0.2) is 38.7 Å². The lowest BCUT2D eigenvalue weighted by atomic mass is 10.0. The van der Waals surface area contributed by atoms with E-state index >= 15 is 0 Å². The van der Waals surface area contributed by atoms with Crippen molar-refractivity contribution in [3.63, 3.8) is 0 Å². The quantitative estimate of drug-likeness (QED) is 0.707. The van der Waals surface area contributed by atoms with Crippen LogP contribution in [0.2, 0.25) is 0 Å². The molecule has 2 atom stereocenters. The molecular weight excluding hydrogens is 222 g/mol. The predicted molar refractivity (Wildman–Crippen MR) is 55.8 cm³/mol. The van der Waals surface area contributed by atoms with Crippen LogP contribution in [0.5, 0.6) is 0 Å². The van der Waals surface area contributed by atoms with E-state index in [4.69, 9.17) is 0 Å². The van der Waals surface area contributed by atoms with Gasteiger partial charge in [-0.1, -0.05) is 0 Å². The minimum atomic E-state index is -0.269. The molecule has 1 rings (SSSR count). The Bertz CT molecular complexity index is 234. The molecule has 0 spiro atoms. The van der Waals surface area contributed by atoms with Gasteiger partial charge in [0.25, 0.3) is 0 Å². The van der Waals surface area contributed by atoms with Crippen LogP contribution in [0.1, 0.15) is 12.8 Å². The molecule has 1 aliphatic rings. The van der Waals surface area contributed by atoms with Crippen LogP contribution >= 0.6 is 12.4 Å². The molecule has 15 heavy (non-hydrogen) atoms. The number of methoxy groups -OCH3 is 2. The molecule has 1 fully saturated rings. The molecule has 6 heteroatoms. The third kappa shape index (κ3) is 4.05. The maximum absolute atomic E-state index is 11.1. The summed E-state index contributed by atoms with van der Waals surface area (Å²) >= 11 is 0. The van der Waals surface area contributed by atoms with Crippen LogP contribution < -0.4 is 5.32 Å². The average molecular weight is 238 g/mol. The highest BCUT2D eigenvalue weighted by Gasteiger charge is 2.31. The molecule has 0 aromatic rings. The Balaban J connectivity index is 0.00000196. The summed E-state index contributed by atoms with van der Waals surface area (Å²) in [6.07, 6.45) is 0.999. The van der Waals surface area contributed by atoms with Crippen LogP contribution in [0, 0.1) is 5.92 Å². The number of esters is 2. The third-order valence-electron chi connectivity index (χ3n) is 2.39. The summed E-state index contributed by atoms with van der Waals surface area (Å²) in [5.74, 6) is -0.328. The first-order valence-electron chi connectivity index (χ1n) is 4.55. The Morgan fingerprint density at radius 1 is 1.33 bits per heavy atom. The number of hydrogen-bond donors (Lipinski definition) is 1. The number of rotatable bonds is 3. The number of halogens is 1. The van der Waals surface area contributed by atoms with Crippen LogP contribution in [-0.2, 0) is 19.1 Å². The molecule has 0 aromatic heterocycles. The average Bonchev–Trinajstić information content (AvgIpc) is 2.65. The molecule has 1 saturated heterocycles. The summed E-state index contributed by atoms with van der Waals surface area (Å²) < 4.78 is 9.15. The number of carbonyl (C=O) groups is 2. The fraction of sp³-hybridized carbons (Fsp3) is 0.778. The summed E-state index contributed by atoms with van der Waals surface area (Å²) in [4.78, 5) is 22.1. The second-order valence-corrected chi connectivity index (χ2v) is 3.37. The molecule has 1 heterocycles. The number of ether oxygens (including phenoxy) is 2. The monoisotopic (exact) mass is 237 g/mol. The van der Waals surface area contributed by atoms with Gasteiger partial charge in [0.1, 0.15) is 6.04 Å². The van der Waals surface area contributed by atoms with E-state index in [-0.39, 0.29) is 36.3 Å². The van der Waals surface area contributed by atoms with Gasteiger partial charge in [-0.3, -0.25) is 9.59 Å². The van der Waals surface area contributed by atoms with Crippen LogP contribution in [0.4, 0.5) is 0 Å². The van der Waals surface area contributed by atoms with E-state index in [2.05, 4.69) is 14.8 Å². The van der Waals surface area contributed by atoms with E-state index in [1.54, 1.807) is 0 Å². The molecule has 2 unspecified atom stereocenters. The van der Waals surface area contributed by atoms with Crippen molar-refractivity contribution in [2.45, 2.75) is 18.9 Å². The zero-order valence-electron chi connectivity index (χ0n) is 8.82. The minimum Gasteiger partial charge on any atom is -0.469 e. The fourth-order valence-corrected chi connectivity index (χ4v) is 1.61. The summed E-state index contributed by atoms with van der Waals surface area (Å²) in [6, 6.07) is -0.269. The Hall–Kier alpha value is -0.810. The van der Waals surface area contributed by atoms with Crippen molar-refractivity contribution in [3.8, 4) is 0 Å². The number of nitrogens with one attached hydrogen (secondary N) is 1. The van der Waals surface area contributed by atoms with Gasteiger partial charge in [0.2, 0.25) is 0 Å². The maximum Gasteiger partial charge on any atom is 0.322 e. The minimum absolute atomic E-state index is 0. The zero-order chi connectivity index (χ0) is 10.6. The first kappa shape index (κ1) is 14.2. The molecular formula is C9H16ClNO4. The van der Waals surface area contributed by atoms with Crippen molar-refractivity contribution in [2.75, 3.05) is 20.8 Å². The van der Waals surface area contributed by atoms with Gasteiger partial charge in [0.15, 0.2) is 0 Å². The lowest BCUT2D eigenvalue weighted by Gasteiger charge is -2.07. The highest BCUT2D eigenvalue weighted by Crippen LogP contribution is 2.18. The van der Waals surface area contributed by atoms with Gasteiger partial charge in [-0.05, 0) is 18.9 Å².